The Labute approximate surface area is 134 Å². The van der Waals surface area contributed by atoms with Crippen LogP contribution in [0.3, 0.4) is 0 Å². The molecule has 3 aromatic rings. The Bertz CT molecular complexity index is 788. The van der Waals surface area contributed by atoms with Gasteiger partial charge >= 0.3 is 0 Å². The molecule has 1 atom stereocenters. The molecule has 1 aromatic heterocycles. The van der Waals surface area contributed by atoms with Crippen LogP contribution >= 0.6 is 11.3 Å². The summed E-state index contributed by atoms with van der Waals surface area (Å²) in [5.74, 6) is 2.31. The molecule has 0 saturated carbocycles. The van der Waals surface area contributed by atoms with E-state index in [9.17, 15) is 0 Å². The van der Waals surface area contributed by atoms with Gasteiger partial charge in [0.2, 0.25) is 0 Å². The maximum Gasteiger partial charge on any atom is 0.141 e. The van der Waals surface area contributed by atoms with Gasteiger partial charge in [-0.25, -0.2) is 0 Å². The van der Waals surface area contributed by atoms with Gasteiger partial charge in [-0.2, -0.15) is 0 Å². The van der Waals surface area contributed by atoms with Crippen molar-refractivity contribution in [1.29, 1.82) is 0 Å². The van der Waals surface area contributed by atoms with Crippen molar-refractivity contribution < 1.29 is 4.74 Å². The second kappa shape index (κ2) is 5.82. The zero-order valence-corrected chi connectivity index (χ0v) is 12.9. The van der Waals surface area contributed by atoms with E-state index in [1.807, 2.05) is 6.07 Å². The average molecular weight is 304 g/mol. The summed E-state index contributed by atoms with van der Waals surface area (Å²) >= 11 is 1.72. The summed E-state index contributed by atoms with van der Waals surface area (Å²) in [7, 11) is 0. The minimum absolute atomic E-state index is 0.351. The Kier molecular flexibility index (Phi) is 3.53. The number of ether oxygens (including phenoxy) is 1. The molecule has 2 heteroatoms. The lowest BCUT2D eigenvalue weighted by molar-refractivity contribution is 0.487. The number of thiophene rings is 1. The van der Waals surface area contributed by atoms with Gasteiger partial charge in [0.15, 0.2) is 0 Å². The van der Waals surface area contributed by atoms with Crippen LogP contribution in [0.2, 0.25) is 0 Å². The van der Waals surface area contributed by atoms with Crippen molar-refractivity contribution in [3.63, 3.8) is 0 Å². The highest BCUT2D eigenvalue weighted by Crippen LogP contribution is 2.39. The molecule has 22 heavy (non-hydrogen) atoms. The molecule has 2 aromatic carbocycles. The zero-order chi connectivity index (χ0) is 14.8. The van der Waals surface area contributed by atoms with Crippen molar-refractivity contribution in [3.8, 4) is 5.75 Å². The summed E-state index contributed by atoms with van der Waals surface area (Å²) < 4.78 is 6.12. The standard InChI is InChI=1S/C20H16OS/c1-2-7-15(8-3-1)13-16-14-19(20-11-6-12-22-20)21-18-10-5-4-9-17(16)18/h1-12,14,16H,13H2/t16-/m1/s1. The molecule has 108 valence electrons. The maximum absolute atomic E-state index is 6.12. The summed E-state index contributed by atoms with van der Waals surface area (Å²) in [4.78, 5) is 1.19. The normalized spacial score (nSPS) is 16.5. The molecule has 0 spiro atoms. The number of allylic oxidation sites excluding steroid dienone is 1. The molecule has 0 unspecified atom stereocenters. The van der Waals surface area contributed by atoms with E-state index >= 15 is 0 Å². The van der Waals surface area contributed by atoms with Crippen molar-refractivity contribution in [2.24, 2.45) is 0 Å². The molecule has 0 bridgehead atoms. The highest BCUT2D eigenvalue weighted by Gasteiger charge is 2.22. The monoisotopic (exact) mass is 304 g/mol. The second-order valence-electron chi connectivity index (χ2n) is 5.44. The number of rotatable bonds is 3. The third kappa shape index (κ3) is 2.58. The Hall–Kier alpha value is -2.32. The van der Waals surface area contributed by atoms with Crippen molar-refractivity contribution in [1.82, 2.24) is 0 Å². The van der Waals surface area contributed by atoms with Crippen molar-refractivity contribution in [2.45, 2.75) is 12.3 Å². The highest BCUT2D eigenvalue weighted by molar-refractivity contribution is 7.11. The molecule has 0 aliphatic carbocycles. The smallest absolute Gasteiger partial charge is 0.141 e. The fourth-order valence-electron chi connectivity index (χ4n) is 2.89. The number of hydrogen-bond donors (Lipinski definition) is 0. The van der Waals surface area contributed by atoms with Gasteiger partial charge in [0.1, 0.15) is 11.5 Å². The van der Waals surface area contributed by atoms with E-state index in [0.717, 1.165) is 17.9 Å². The van der Waals surface area contributed by atoms with Crippen LogP contribution in [-0.4, -0.2) is 0 Å². The van der Waals surface area contributed by atoms with E-state index in [-0.39, 0.29) is 0 Å². The fourth-order valence-corrected chi connectivity index (χ4v) is 3.58. The summed E-state index contributed by atoms with van der Waals surface area (Å²) in [6.07, 6.45) is 3.26. The Morgan fingerprint density at radius 3 is 2.50 bits per heavy atom. The Morgan fingerprint density at radius 2 is 1.68 bits per heavy atom. The van der Waals surface area contributed by atoms with Gasteiger partial charge in [-0.1, -0.05) is 54.6 Å². The predicted molar refractivity (Wildman–Crippen MR) is 92.3 cm³/mol. The molecule has 0 amide bonds. The number of hydrogen-bond acceptors (Lipinski definition) is 2. The summed E-state index contributed by atoms with van der Waals surface area (Å²) in [6, 6.07) is 23.2. The van der Waals surface area contributed by atoms with Crippen LogP contribution in [0.4, 0.5) is 0 Å². The maximum atomic E-state index is 6.12. The Balaban J connectivity index is 1.73. The quantitative estimate of drug-likeness (QED) is 0.620. The van der Waals surface area contributed by atoms with Crippen molar-refractivity contribution >= 4 is 17.1 Å². The molecule has 2 heterocycles. The minimum Gasteiger partial charge on any atom is -0.456 e. The molecular weight excluding hydrogens is 288 g/mol. The lowest BCUT2D eigenvalue weighted by atomic mass is 9.89. The third-order valence-corrected chi connectivity index (χ3v) is 4.84. The summed E-state index contributed by atoms with van der Waals surface area (Å²) in [6.45, 7) is 0. The van der Waals surface area contributed by atoms with Gasteiger partial charge in [-0.15, -0.1) is 11.3 Å². The molecular formula is C20H16OS. The molecule has 4 rings (SSSR count). The van der Waals surface area contributed by atoms with E-state index < -0.39 is 0 Å². The van der Waals surface area contributed by atoms with E-state index in [0.29, 0.717) is 5.92 Å². The van der Waals surface area contributed by atoms with Gasteiger partial charge in [0.25, 0.3) is 0 Å². The molecule has 0 fully saturated rings. The molecule has 1 aliphatic rings. The van der Waals surface area contributed by atoms with E-state index in [4.69, 9.17) is 4.74 Å². The second-order valence-corrected chi connectivity index (χ2v) is 6.39. The lowest BCUT2D eigenvalue weighted by Gasteiger charge is -2.24. The van der Waals surface area contributed by atoms with Crippen molar-refractivity contribution in [3.05, 3.63) is 94.2 Å². The Morgan fingerprint density at radius 1 is 0.864 bits per heavy atom. The van der Waals surface area contributed by atoms with Gasteiger partial charge < -0.3 is 4.74 Å². The number of fused-ring (bicyclic) bond motifs is 1. The summed E-state index contributed by atoms with van der Waals surface area (Å²) in [5.41, 5.74) is 2.62. The van der Waals surface area contributed by atoms with E-state index in [1.165, 1.54) is 16.0 Å². The van der Waals surface area contributed by atoms with E-state index in [2.05, 4.69) is 72.1 Å². The predicted octanol–water partition coefficient (Wildman–Crippen LogP) is 5.51. The van der Waals surface area contributed by atoms with Crippen LogP contribution in [0, 0.1) is 0 Å². The molecule has 1 nitrogen and oxygen atoms in total. The van der Waals surface area contributed by atoms with Gasteiger partial charge in [0.05, 0.1) is 4.88 Å². The van der Waals surface area contributed by atoms with Gasteiger partial charge in [-0.3, -0.25) is 0 Å². The van der Waals surface area contributed by atoms with E-state index in [1.54, 1.807) is 11.3 Å². The molecule has 0 radical (unpaired) electrons. The van der Waals surface area contributed by atoms with Gasteiger partial charge in [-0.05, 0) is 35.6 Å². The third-order valence-electron chi connectivity index (χ3n) is 3.95. The first-order valence-electron chi connectivity index (χ1n) is 7.46. The largest absolute Gasteiger partial charge is 0.456 e. The minimum atomic E-state index is 0.351. The summed E-state index contributed by atoms with van der Waals surface area (Å²) in [5, 5.41) is 2.09. The van der Waals surface area contributed by atoms with Gasteiger partial charge in [0, 0.05) is 11.5 Å². The van der Waals surface area contributed by atoms with Crippen LogP contribution in [0.25, 0.3) is 5.76 Å². The van der Waals surface area contributed by atoms with Crippen LogP contribution in [0.1, 0.15) is 21.9 Å². The zero-order valence-electron chi connectivity index (χ0n) is 12.1. The molecule has 1 aliphatic heterocycles. The fraction of sp³-hybridized carbons (Fsp3) is 0.100. The number of benzene rings is 2. The highest BCUT2D eigenvalue weighted by atomic mass is 32.1. The van der Waals surface area contributed by atoms with Crippen LogP contribution < -0.4 is 4.74 Å². The van der Waals surface area contributed by atoms with Crippen LogP contribution in [0.15, 0.2) is 78.2 Å². The average Bonchev–Trinajstić information content (AvgIpc) is 3.10. The first kappa shape index (κ1) is 13.4. The topological polar surface area (TPSA) is 9.23 Å². The molecule has 0 N–H and O–H groups in total. The van der Waals surface area contributed by atoms with Crippen LogP contribution in [0.5, 0.6) is 5.75 Å². The lowest BCUT2D eigenvalue weighted by Crippen LogP contribution is -2.10. The first-order valence-corrected chi connectivity index (χ1v) is 8.34. The number of para-hydroxylation sites is 1. The SMILES string of the molecule is C1=C(c2cccs2)Oc2ccccc2[C@@H]1Cc1ccccc1. The first-order chi connectivity index (χ1) is 10.9. The molecule has 0 saturated heterocycles. The van der Waals surface area contributed by atoms with Crippen molar-refractivity contribution in [2.75, 3.05) is 0 Å². The van der Waals surface area contributed by atoms with Crippen LogP contribution in [-0.2, 0) is 6.42 Å².